The predicted octanol–water partition coefficient (Wildman–Crippen LogP) is 4.96. The summed E-state index contributed by atoms with van der Waals surface area (Å²) in [6, 6.07) is 9.93. The molecule has 0 radical (unpaired) electrons. The van der Waals surface area contributed by atoms with Gasteiger partial charge in [-0.3, -0.25) is 9.69 Å². The second-order valence-corrected chi connectivity index (χ2v) is 6.77. The molecule has 3 aromatic rings. The normalized spacial score (nSPS) is 11.3. The summed E-state index contributed by atoms with van der Waals surface area (Å²) in [5, 5.41) is 0.733. The van der Waals surface area contributed by atoms with Crippen molar-refractivity contribution in [2.24, 2.45) is 0 Å². The fraction of sp³-hybridized carbons (Fsp3) is 0.333. The lowest BCUT2D eigenvalue weighted by Gasteiger charge is -2.17. The minimum absolute atomic E-state index is 0.0477. The summed E-state index contributed by atoms with van der Waals surface area (Å²) in [5.74, 6) is 1.20. The van der Waals surface area contributed by atoms with Crippen LogP contribution in [-0.2, 0) is 11.3 Å². The van der Waals surface area contributed by atoms with Crippen molar-refractivity contribution in [3.63, 3.8) is 0 Å². The number of nitrogens with zero attached hydrogens (tertiary/aromatic N) is 2. The fourth-order valence-electron chi connectivity index (χ4n) is 2.55. The summed E-state index contributed by atoms with van der Waals surface area (Å²) in [6.07, 6.45) is 2.06. The molecule has 1 amide bonds. The van der Waals surface area contributed by atoms with Crippen LogP contribution in [0.5, 0.6) is 0 Å². The van der Waals surface area contributed by atoms with Gasteiger partial charge in [0.1, 0.15) is 5.76 Å². The summed E-state index contributed by atoms with van der Waals surface area (Å²) in [7, 11) is 0. The number of amides is 1. The van der Waals surface area contributed by atoms with Crippen molar-refractivity contribution in [1.82, 2.24) is 4.98 Å². The maximum atomic E-state index is 12.4. The van der Waals surface area contributed by atoms with Crippen LogP contribution >= 0.6 is 11.3 Å². The number of hydrogen-bond donors (Lipinski definition) is 0. The van der Waals surface area contributed by atoms with Gasteiger partial charge in [-0.2, -0.15) is 0 Å². The molecule has 0 saturated heterocycles. The van der Waals surface area contributed by atoms with E-state index in [1.54, 1.807) is 22.5 Å². The zero-order valence-electron chi connectivity index (χ0n) is 13.6. The van der Waals surface area contributed by atoms with Gasteiger partial charge < -0.3 is 4.42 Å². The maximum Gasteiger partial charge on any atom is 0.228 e. The average molecular weight is 328 g/mol. The molecular weight excluding hydrogens is 308 g/mol. The number of fused-ring (bicyclic) bond motifs is 1. The van der Waals surface area contributed by atoms with Crippen molar-refractivity contribution in [2.45, 2.75) is 39.7 Å². The van der Waals surface area contributed by atoms with Gasteiger partial charge in [-0.05, 0) is 29.7 Å². The Kier molecular flexibility index (Phi) is 4.48. The van der Waals surface area contributed by atoms with Crippen LogP contribution in [0.25, 0.3) is 10.2 Å². The predicted molar refractivity (Wildman–Crippen MR) is 93.9 cm³/mol. The Morgan fingerprint density at radius 2 is 2.13 bits per heavy atom. The number of hydrogen-bond acceptors (Lipinski definition) is 4. The molecule has 1 aromatic carbocycles. The van der Waals surface area contributed by atoms with Crippen LogP contribution in [0, 0.1) is 0 Å². The van der Waals surface area contributed by atoms with Crippen LogP contribution in [0.1, 0.15) is 44.4 Å². The quantitative estimate of drug-likeness (QED) is 0.665. The van der Waals surface area contributed by atoms with Crippen LogP contribution in [-0.4, -0.2) is 10.9 Å². The molecule has 0 N–H and O–H groups in total. The largest absolute Gasteiger partial charge is 0.467 e. The molecule has 0 unspecified atom stereocenters. The fourth-order valence-corrected chi connectivity index (χ4v) is 3.57. The molecule has 2 heterocycles. The Labute approximate surface area is 139 Å². The zero-order valence-corrected chi connectivity index (χ0v) is 14.4. The number of aromatic nitrogens is 1. The molecule has 0 fully saturated rings. The maximum absolute atomic E-state index is 12.4. The Morgan fingerprint density at radius 1 is 1.30 bits per heavy atom. The first-order chi connectivity index (χ1) is 11.1. The highest BCUT2D eigenvalue weighted by atomic mass is 32.1. The Hall–Kier alpha value is -2.14. The first-order valence-corrected chi connectivity index (χ1v) is 8.64. The highest BCUT2D eigenvalue weighted by Crippen LogP contribution is 2.34. The minimum atomic E-state index is 0.0477. The highest BCUT2D eigenvalue weighted by Gasteiger charge is 2.21. The van der Waals surface area contributed by atoms with E-state index in [4.69, 9.17) is 9.40 Å². The van der Waals surface area contributed by atoms with Crippen molar-refractivity contribution < 1.29 is 9.21 Å². The van der Waals surface area contributed by atoms with E-state index in [1.165, 1.54) is 5.56 Å². The summed E-state index contributed by atoms with van der Waals surface area (Å²) < 4.78 is 6.51. The van der Waals surface area contributed by atoms with Gasteiger partial charge in [-0.25, -0.2) is 4.98 Å². The number of thiazole rings is 1. The van der Waals surface area contributed by atoms with Gasteiger partial charge in [-0.1, -0.05) is 44.2 Å². The molecule has 0 bridgehead atoms. The molecule has 0 aliphatic rings. The second kappa shape index (κ2) is 6.54. The summed E-state index contributed by atoms with van der Waals surface area (Å²) in [4.78, 5) is 18.9. The third-order valence-corrected chi connectivity index (χ3v) is 4.83. The first kappa shape index (κ1) is 15.7. The lowest BCUT2D eigenvalue weighted by Crippen LogP contribution is -2.29. The van der Waals surface area contributed by atoms with Crippen LogP contribution in [0.15, 0.2) is 41.0 Å². The first-order valence-electron chi connectivity index (χ1n) is 7.82. The number of benzene rings is 1. The lowest BCUT2D eigenvalue weighted by molar-refractivity contribution is -0.118. The Balaban J connectivity index is 2.03. The molecule has 0 spiro atoms. The van der Waals surface area contributed by atoms with Crippen LogP contribution < -0.4 is 4.90 Å². The second-order valence-electron chi connectivity index (χ2n) is 5.76. The molecule has 120 valence electrons. The van der Waals surface area contributed by atoms with Gasteiger partial charge in [0, 0.05) is 6.42 Å². The van der Waals surface area contributed by atoms with Crippen molar-refractivity contribution >= 4 is 32.6 Å². The van der Waals surface area contributed by atoms with Gasteiger partial charge in [-0.15, -0.1) is 0 Å². The number of furan rings is 1. The summed E-state index contributed by atoms with van der Waals surface area (Å²) in [5.41, 5.74) is 2.21. The molecule has 5 heteroatoms. The number of rotatable bonds is 5. The van der Waals surface area contributed by atoms with E-state index in [0.717, 1.165) is 21.1 Å². The summed E-state index contributed by atoms with van der Waals surface area (Å²) >= 11 is 1.55. The average Bonchev–Trinajstić information content (AvgIpc) is 3.19. The van der Waals surface area contributed by atoms with Gasteiger partial charge in [0.05, 0.1) is 23.0 Å². The Morgan fingerprint density at radius 3 is 2.78 bits per heavy atom. The van der Waals surface area contributed by atoms with Gasteiger partial charge in [0.2, 0.25) is 5.91 Å². The van der Waals surface area contributed by atoms with Crippen LogP contribution in [0.4, 0.5) is 5.13 Å². The number of carbonyl (C=O) groups is 1. The van der Waals surface area contributed by atoms with Gasteiger partial charge in [0.15, 0.2) is 5.13 Å². The molecule has 3 rings (SSSR count). The molecule has 4 nitrogen and oxygen atoms in total. The molecular formula is C18H20N2O2S. The van der Waals surface area contributed by atoms with E-state index < -0.39 is 0 Å². The van der Waals surface area contributed by atoms with Crippen LogP contribution in [0.3, 0.4) is 0 Å². The van der Waals surface area contributed by atoms with Crippen LogP contribution in [0.2, 0.25) is 0 Å². The highest BCUT2D eigenvalue weighted by molar-refractivity contribution is 7.22. The van der Waals surface area contributed by atoms with E-state index >= 15 is 0 Å². The van der Waals surface area contributed by atoms with Gasteiger partial charge >= 0.3 is 0 Å². The SMILES string of the molecule is CCC(=O)N(Cc1ccco1)c1nc2c(C(C)C)cccc2s1. The smallest absolute Gasteiger partial charge is 0.228 e. The number of para-hydroxylation sites is 1. The van der Waals surface area contributed by atoms with Crippen molar-refractivity contribution in [2.75, 3.05) is 4.90 Å². The van der Waals surface area contributed by atoms with E-state index in [2.05, 4.69) is 32.0 Å². The van der Waals surface area contributed by atoms with Crippen molar-refractivity contribution in [3.8, 4) is 0 Å². The van der Waals surface area contributed by atoms with Crippen molar-refractivity contribution in [3.05, 3.63) is 47.9 Å². The molecule has 0 aliphatic carbocycles. The topological polar surface area (TPSA) is 46.3 Å². The minimum Gasteiger partial charge on any atom is -0.467 e. The van der Waals surface area contributed by atoms with Gasteiger partial charge in [0.25, 0.3) is 0 Å². The van der Waals surface area contributed by atoms with E-state index in [1.807, 2.05) is 19.1 Å². The van der Waals surface area contributed by atoms with E-state index in [9.17, 15) is 4.79 Å². The monoisotopic (exact) mass is 328 g/mol. The standard InChI is InChI=1S/C18H20N2O2S/c1-4-16(21)20(11-13-7-6-10-22-13)18-19-17-14(12(2)3)8-5-9-15(17)23-18/h5-10,12H,4,11H2,1-3H3. The van der Waals surface area contributed by atoms with E-state index in [-0.39, 0.29) is 5.91 Å². The number of anilines is 1. The third-order valence-electron chi connectivity index (χ3n) is 3.79. The Bertz CT molecular complexity index is 806. The van der Waals surface area contributed by atoms with E-state index in [0.29, 0.717) is 18.9 Å². The molecule has 0 saturated carbocycles. The lowest BCUT2D eigenvalue weighted by atomic mass is 10.0. The van der Waals surface area contributed by atoms with Crippen molar-refractivity contribution in [1.29, 1.82) is 0 Å². The molecule has 0 aliphatic heterocycles. The molecule has 0 atom stereocenters. The number of carbonyl (C=O) groups excluding carboxylic acids is 1. The molecule has 2 aromatic heterocycles. The molecule has 23 heavy (non-hydrogen) atoms. The zero-order chi connectivity index (χ0) is 16.4. The summed E-state index contributed by atoms with van der Waals surface area (Å²) in [6.45, 7) is 6.60. The third kappa shape index (κ3) is 3.15.